The summed E-state index contributed by atoms with van der Waals surface area (Å²) < 4.78 is 18.5. The monoisotopic (exact) mass is 352 g/mol. The van der Waals surface area contributed by atoms with Crippen LogP contribution in [0.4, 0.5) is 4.39 Å². The number of hydrogen-bond donors (Lipinski definition) is 0. The first-order chi connectivity index (χ1) is 12.1. The van der Waals surface area contributed by atoms with E-state index in [1.807, 2.05) is 61.5 Å². The van der Waals surface area contributed by atoms with Crippen LogP contribution in [0.1, 0.15) is 16.7 Å². The highest BCUT2D eigenvalue weighted by Crippen LogP contribution is 2.25. The number of ether oxygens (including phenoxy) is 1. The minimum absolute atomic E-state index is 0.263. The van der Waals surface area contributed by atoms with Crippen molar-refractivity contribution in [3.05, 3.63) is 100 Å². The Kier molecular flexibility index (Phi) is 7.07. The second kappa shape index (κ2) is 9.52. The fourth-order valence-electron chi connectivity index (χ4n) is 2.05. The Morgan fingerprint density at radius 2 is 1.76 bits per heavy atom. The van der Waals surface area contributed by atoms with Crippen molar-refractivity contribution in [2.24, 2.45) is 0 Å². The second-order valence-electron chi connectivity index (χ2n) is 5.36. The molecule has 25 heavy (non-hydrogen) atoms. The van der Waals surface area contributed by atoms with Crippen molar-refractivity contribution in [3.63, 3.8) is 0 Å². The van der Waals surface area contributed by atoms with Crippen molar-refractivity contribution in [2.45, 2.75) is 13.5 Å². The Labute approximate surface area is 153 Å². The molecule has 126 valence electrons. The maximum Gasteiger partial charge on any atom is 0.138 e. The zero-order chi connectivity index (χ0) is 18.1. The van der Waals surface area contributed by atoms with E-state index in [-0.39, 0.29) is 5.82 Å². The fraction of sp³-hybridized carbons (Fsp3) is 0.0909. The number of terminal acetylenes is 1. The van der Waals surface area contributed by atoms with Crippen LogP contribution < -0.4 is 4.74 Å². The molecule has 0 aliphatic carbocycles. The van der Waals surface area contributed by atoms with Crippen LogP contribution in [0.3, 0.4) is 0 Å². The summed E-state index contributed by atoms with van der Waals surface area (Å²) in [5.41, 5.74) is 2.79. The molecular formula is C22H18ClFO. The number of benzene rings is 3. The molecule has 0 amide bonds. The first kappa shape index (κ1) is 18.6. The van der Waals surface area contributed by atoms with Gasteiger partial charge in [0.1, 0.15) is 18.2 Å². The maximum absolute atomic E-state index is 12.9. The lowest BCUT2D eigenvalue weighted by molar-refractivity contribution is 0.305. The molecule has 0 aliphatic rings. The van der Waals surface area contributed by atoms with Gasteiger partial charge in [-0.3, -0.25) is 0 Å². The van der Waals surface area contributed by atoms with Crippen LogP contribution in [0.2, 0.25) is 5.02 Å². The quantitative estimate of drug-likeness (QED) is 0.522. The summed E-state index contributed by atoms with van der Waals surface area (Å²) in [6.45, 7) is 2.27. The van der Waals surface area contributed by atoms with Crippen LogP contribution in [-0.2, 0) is 6.61 Å². The van der Waals surface area contributed by atoms with Crippen LogP contribution in [0.25, 0.3) is 0 Å². The molecule has 0 aromatic heterocycles. The largest absolute Gasteiger partial charge is 0.487 e. The van der Waals surface area contributed by atoms with Gasteiger partial charge >= 0.3 is 0 Å². The first-order valence-electron chi connectivity index (χ1n) is 7.73. The lowest BCUT2D eigenvalue weighted by Crippen LogP contribution is -1.96. The molecule has 0 N–H and O–H groups in total. The van der Waals surface area contributed by atoms with E-state index in [1.165, 1.54) is 12.1 Å². The summed E-state index contributed by atoms with van der Waals surface area (Å²) in [4.78, 5) is 0. The third-order valence-corrected chi connectivity index (χ3v) is 3.61. The van der Waals surface area contributed by atoms with E-state index in [0.717, 1.165) is 16.7 Å². The molecule has 0 bridgehead atoms. The Morgan fingerprint density at radius 1 is 1.00 bits per heavy atom. The average molecular weight is 353 g/mol. The van der Waals surface area contributed by atoms with Crippen LogP contribution in [0.15, 0.2) is 72.8 Å². The highest BCUT2D eigenvalue weighted by molar-refractivity contribution is 6.32. The van der Waals surface area contributed by atoms with Crippen molar-refractivity contribution in [3.8, 4) is 18.1 Å². The van der Waals surface area contributed by atoms with Gasteiger partial charge in [-0.2, -0.15) is 0 Å². The predicted octanol–water partition coefficient (Wildman–Crippen LogP) is 6.03. The molecule has 0 radical (unpaired) electrons. The second-order valence-corrected chi connectivity index (χ2v) is 5.77. The zero-order valence-electron chi connectivity index (χ0n) is 13.9. The van der Waals surface area contributed by atoms with E-state index in [2.05, 4.69) is 5.92 Å². The van der Waals surface area contributed by atoms with Gasteiger partial charge in [0.25, 0.3) is 0 Å². The topological polar surface area (TPSA) is 9.23 Å². The highest BCUT2D eigenvalue weighted by atomic mass is 35.5. The van der Waals surface area contributed by atoms with E-state index in [1.54, 1.807) is 6.07 Å². The first-order valence-corrected chi connectivity index (χ1v) is 8.11. The van der Waals surface area contributed by atoms with Gasteiger partial charge in [-0.25, -0.2) is 4.39 Å². The molecule has 0 spiro atoms. The van der Waals surface area contributed by atoms with Gasteiger partial charge in [0, 0.05) is 5.56 Å². The van der Waals surface area contributed by atoms with Gasteiger partial charge in [-0.15, -0.1) is 6.42 Å². The Balaban J connectivity index is 0.000000236. The summed E-state index contributed by atoms with van der Waals surface area (Å²) >= 11 is 6.03. The zero-order valence-corrected chi connectivity index (χ0v) is 14.6. The molecule has 3 aromatic carbocycles. The average Bonchev–Trinajstić information content (AvgIpc) is 2.62. The van der Waals surface area contributed by atoms with Crippen molar-refractivity contribution in [1.82, 2.24) is 0 Å². The normalized spacial score (nSPS) is 9.52. The van der Waals surface area contributed by atoms with Gasteiger partial charge in [0.15, 0.2) is 0 Å². The van der Waals surface area contributed by atoms with Crippen LogP contribution >= 0.6 is 11.6 Å². The summed E-state index contributed by atoms with van der Waals surface area (Å²) in [7, 11) is 0. The molecule has 3 heteroatoms. The molecular weight excluding hydrogens is 335 g/mol. The molecule has 0 saturated carbocycles. The smallest absolute Gasteiger partial charge is 0.138 e. The Bertz CT molecular complexity index is 853. The van der Waals surface area contributed by atoms with Crippen molar-refractivity contribution >= 4 is 11.6 Å². The number of halogens is 2. The van der Waals surface area contributed by atoms with Crippen molar-refractivity contribution in [2.75, 3.05) is 0 Å². The third kappa shape index (κ3) is 6.33. The standard InChI is InChI=1S/C14H12ClFO.C8H6/c1-10-5-6-14(13(15)7-10)17-9-11-3-2-4-12(16)8-11;1-2-8-6-4-3-5-7-8/h2-8H,9H2,1H3;1,3-7H. The molecule has 3 rings (SSSR count). The molecule has 3 aromatic rings. The minimum Gasteiger partial charge on any atom is -0.487 e. The van der Waals surface area contributed by atoms with Gasteiger partial charge in [0.2, 0.25) is 0 Å². The Morgan fingerprint density at radius 3 is 2.36 bits per heavy atom. The number of aryl methyl sites for hydroxylation is 1. The molecule has 0 aliphatic heterocycles. The lowest BCUT2D eigenvalue weighted by Gasteiger charge is -2.08. The number of hydrogen-bond acceptors (Lipinski definition) is 1. The summed E-state index contributed by atoms with van der Waals surface area (Å²) in [5, 5.41) is 0.571. The fourth-order valence-corrected chi connectivity index (χ4v) is 2.33. The molecule has 0 unspecified atom stereocenters. The molecule has 1 nitrogen and oxygen atoms in total. The molecule has 0 heterocycles. The van der Waals surface area contributed by atoms with E-state index in [4.69, 9.17) is 22.8 Å². The molecule has 0 fully saturated rings. The van der Waals surface area contributed by atoms with Crippen molar-refractivity contribution < 1.29 is 9.13 Å². The summed E-state index contributed by atoms with van der Waals surface area (Å²) in [6, 6.07) is 21.5. The van der Waals surface area contributed by atoms with Crippen molar-refractivity contribution in [1.29, 1.82) is 0 Å². The van der Waals surface area contributed by atoms with E-state index in [9.17, 15) is 4.39 Å². The van der Waals surface area contributed by atoms with E-state index in [0.29, 0.717) is 17.4 Å². The Hall–Kier alpha value is -2.76. The maximum atomic E-state index is 12.9. The summed E-state index contributed by atoms with van der Waals surface area (Å²) in [6.07, 6.45) is 5.10. The van der Waals surface area contributed by atoms with Gasteiger partial charge < -0.3 is 4.74 Å². The summed E-state index contributed by atoms with van der Waals surface area (Å²) in [5.74, 6) is 2.88. The highest BCUT2D eigenvalue weighted by Gasteiger charge is 2.02. The minimum atomic E-state index is -0.263. The van der Waals surface area contributed by atoms with E-state index < -0.39 is 0 Å². The molecule has 0 saturated heterocycles. The van der Waals surface area contributed by atoms with Crippen LogP contribution in [-0.4, -0.2) is 0 Å². The number of rotatable bonds is 3. The van der Waals surface area contributed by atoms with Crippen LogP contribution in [0, 0.1) is 25.1 Å². The molecule has 0 atom stereocenters. The van der Waals surface area contributed by atoms with Gasteiger partial charge in [-0.05, 0) is 54.4 Å². The predicted molar refractivity (Wildman–Crippen MR) is 101 cm³/mol. The van der Waals surface area contributed by atoms with Crippen LogP contribution in [0.5, 0.6) is 5.75 Å². The van der Waals surface area contributed by atoms with Gasteiger partial charge in [-0.1, -0.05) is 53.9 Å². The third-order valence-electron chi connectivity index (χ3n) is 3.31. The van der Waals surface area contributed by atoms with Gasteiger partial charge in [0.05, 0.1) is 5.02 Å². The SMILES string of the molecule is C#Cc1ccccc1.Cc1ccc(OCc2cccc(F)c2)c(Cl)c1. The van der Waals surface area contributed by atoms with E-state index >= 15 is 0 Å². The lowest BCUT2D eigenvalue weighted by atomic mass is 10.2.